The Morgan fingerprint density at radius 2 is 1.81 bits per heavy atom. The molecule has 0 aliphatic heterocycles. The first-order valence-corrected chi connectivity index (χ1v) is 13.9. The smallest absolute Gasteiger partial charge is 0.251 e. The molecule has 0 aliphatic rings. The van der Waals surface area contributed by atoms with E-state index in [2.05, 4.69) is 44.1 Å². The minimum atomic E-state index is -0.137. The van der Waals surface area contributed by atoms with Crippen LogP contribution in [0, 0.1) is 0 Å². The van der Waals surface area contributed by atoms with E-state index in [1.54, 1.807) is 12.1 Å². The van der Waals surface area contributed by atoms with E-state index in [0.29, 0.717) is 37.2 Å². The lowest BCUT2D eigenvalue weighted by atomic mass is 10.0. The van der Waals surface area contributed by atoms with Gasteiger partial charge in [0.25, 0.3) is 5.91 Å². The molecular formula is C32H32N8O2. The lowest BCUT2D eigenvalue weighted by molar-refractivity contribution is 0.0954. The number of H-pyrrole nitrogens is 1. The summed E-state index contributed by atoms with van der Waals surface area (Å²) in [4.78, 5) is 30.1. The third-order valence-corrected chi connectivity index (χ3v) is 7.29. The van der Waals surface area contributed by atoms with Crippen molar-refractivity contribution >= 4 is 50.4 Å². The summed E-state index contributed by atoms with van der Waals surface area (Å²) in [7, 11) is 0. The van der Waals surface area contributed by atoms with Crippen LogP contribution in [0.5, 0.6) is 0 Å². The van der Waals surface area contributed by atoms with Crippen molar-refractivity contribution < 1.29 is 9.90 Å². The number of aromatic nitrogens is 4. The molecule has 4 aromatic carbocycles. The zero-order chi connectivity index (χ0) is 29.1. The van der Waals surface area contributed by atoms with Crippen LogP contribution in [-0.4, -0.2) is 49.6 Å². The van der Waals surface area contributed by atoms with Gasteiger partial charge in [-0.1, -0.05) is 42.5 Å². The van der Waals surface area contributed by atoms with Gasteiger partial charge in [0.1, 0.15) is 11.6 Å². The van der Waals surface area contributed by atoms with E-state index in [9.17, 15) is 9.90 Å². The molecule has 6 rings (SSSR count). The molecule has 0 atom stereocenters. The Kier molecular flexibility index (Phi) is 7.52. The van der Waals surface area contributed by atoms with Crippen LogP contribution in [0.3, 0.4) is 0 Å². The molecule has 0 bridgehead atoms. The molecule has 10 nitrogen and oxygen atoms in total. The van der Waals surface area contributed by atoms with Crippen molar-refractivity contribution in [3.05, 3.63) is 102 Å². The van der Waals surface area contributed by atoms with E-state index in [4.69, 9.17) is 21.4 Å². The number of amides is 1. The van der Waals surface area contributed by atoms with Gasteiger partial charge in [-0.05, 0) is 65.6 Å². The number of rotatable bonds is 10. The lowest BCUT2D eigenvalue weighted by Crippen LogP contribution is -2.25. The molecule has 0 saturated heterocycles. The van der Waals surface area contributed by atoms with Crippen molar-refractivity contribution in [2.24, 2.45) is 16.5 Å². The van der Waals surface area contributed by atoms with Gasteiger partial charge in [0.05, 0.1) is 34.2 Å². The van der Waals surface area contributed by atoms with Crippen LogP contribution in [0.15, 0.2) is 83.9 Å². The van der Waals surface area contributed by atoms with Crippen LogP contribution in [0.2, 0.25) is 0 Å². The number of hydrogen-bond donors (Lipinski definition) is 5. The molecule has 0 saturated carbocycles. The molecule has 1 amide bonds. The fourth-order valence-electron chi connectivity index (χ4n) is 5.35. The second-order valence-corrected chi connectivity index (χ2v) is 10.2. The summed E-state index contributed by atoms with van der Waals surface area (Å²) in [6.07, 6.45) is 1.74. The number of aliphatic imine (C=N–C) groups is 1. The van der Waals surface area contributed by atoms with E-state index < -0.39 is 0 Å². The Bertz CT molecular complexity index is 1930. The number of aromatic amines is 1. The standard InChI is InChI=1S/C32H32N8O2/c33-32(34)36-23-10-12-25-27(18-23)38-29(37-25)19-30-39-26-11-9-22(17-28(26)40(30)15-4-16-41)31(42)35-14-13-21-7-3-6-20-5-1-2-8-24(20)21/h1-3,5-12,17-18,41H,4,13-16,19H2,(H,35,42)(H,37,38)(H4,33,34,36). The van der Waals surface area contributed by atoms with Gasteiger partial charge in [-0.25, -0.2) is 15.0 Å². The molecule has 42 heavy (non-hydrogen) atoms. The summed E-state index contributed by atoms with van der Waals surface area (Å²) in [5, 5.41) is 15.0. The Morgan fingerprint density at radius 1 is 0.976 bits per heavy atom. The van der Waals surface area contributed by atoms with E-state index >= 15 is 0 Å². The first-order valence-electron chi connectivity index (χ1n) is 13.9. The fourth-order valence-corrected chi connectivity index (χ4v) is 5.35. The van der Waals surface area contributed by atoms with Gasteiger partial charge in [-0.15, -0.1) is 0 Å². The minimum absolute atomic E-state index is 0.00967. The number of fused-ring (bicyclic) bond motifs is 3. The van der Waals surface area contributed by atoms with Crippen LogP contribution in [0.1, 0.15) is 34.0 Å². The average Bonchev–Trinajstić information content (AvgIpc) is 3.55. The molecule has 7 N–H and O–H groups in total. The molecule has 2 heterocycles. The summed E-state index contributed by atoms with van der Waals surface area (Å²) >= 11 is 0. The highest BCUT2D eigenvalue weighted by Gasteiger charge is 2.16. The number of carbonyl (C=O) groups is 1. The molecule has 10 heteroatoms. The predicted octanol–water partition coefficient (Wildman–Crippen LogP) is 3.92. The third-order valence-electron chi connectivity index (χ3n) is 7.29. The summed E-state index contributed by atoms with van der Waals surface area (Å²) in [6.45, 7) is 1.13. The average molecular weight is 561 g/mol. The topological polar surface area (TPSA) is 160 Å². The molecule has 0 fully saturated rings. The number of nitrogens with zero attached hydrogens (tertiary/aromatic N) is 4. The van der Waals surface area contributed by atoms with Gasteiger partial charge < -0.3 is 31.4 Å². The largest absolute Gasteiger partial charge is 0.396 e. The number of imidazole rings is 2. The van der Waals surface area contributed by atoms with Gasteiger partial charge in [0.15, 0.2) is 5.96 Å². The van der Waals surface area contributed by atoms with Crippen molar-refractivity contribution in [3.8, 4) is 0 Å². The Labute approximate surface area is 242 Å². The van der Waals surface area contributed by atoms with Gasteiger partial charge in [0.2, 0.25) is 0 Å². The summed E-state index contributed by atoms with van der Waals surface area (Å²) in [5.74, 6) is 1.38. The SMILES string of the molecule is NC(N)=Nc1ccc2nc(Cc3nc4ccc(C(=O)NCCc5cccc6ccccc56)cc4n3CCCO)[nH]c2c1. The molecule has 6 aromatic rings. The zero-order valence-corrected chi connectivity index (χ0v) is 23.0. The normalized spacial score (nSPS) is 11.4. The maximum absolute atomic E-state index is 13.1. The number of hydrogen-bond acceptors (Lipinski definition) is 5. The van der Waals surface area contributed by atoms with Crippen LogP contribution in [-0.2, 0) is 19.4 Å². The highest BCUT2D eigenvalue weighted by molar-refractivity contribution is 5.97. The van der Waals surface area contributed by atoms with Crippen LogP contribution < -0.4 is 16.8 Å². The van der Waals surface area contributed by atoms with E-state index in [0.717, 1.165) is 40.1 Å². The second kappa shape index (κ2) is 11.7. The third kappa shape index (κ3) is 5.65. The van der Waals surface area contributed by atoms with Crippen LogP contribution >= 0.6 is 0 Å². The molecule has 0 radical (unpaired) electrons. The van der Waals surface area contributed by atoms with Crippen LogP contribution in [0.25, 0.3) is 32.8 Å². The number of benzene rings is 4. The number of aryl methyl sites for hydroxylation is 1. The first-order chi connectivity index (χ1) is 20.5. The van der Waals surface area contributed by atoms with E-state index in [1.807, 2.05) is 42.5 Å². The number of nitrogens with two attached hydrogens (primary N) is 2. The van der Waals surface area contributed by atoms with Gasteiger partial charge in [-0.2, -0.15) is 0 Å². The van der Waals surface area contributed by atoms with Gasteiger partial charge in [0, 0.05) is 25.3 Å². The first kappa shape index (κ1) is 27.0. The number of guanidine groups is 1. The number of aliphatic hydroxyl groups is 1. The minimum Gasteiger partial charge on any atom is -0.396 e. The molecular weight excluding hydrogens is 528 g/mol. The summed E-state index contributed by atoms with van der Waals surface area (Å²) in [6, 6.07) is 25.6. The predicted molar refractivity (Wildman–Crippen MR) is 166 cm³/mol. The Hall–Kier alpha value is -5.22. The highest BCUT2D eigenvalue weighted by Crippen LogP contribution is 2.24. The Morgan fingerprint density at radius 3 is 2.67 bits per heavy atom. The van der Waals surface area contributed by atoms with Crippen molar-refractivity contribution in [3.63, 3.8) is 0 Å². The van der Waals surface area contributed by atoms with E-state index in [-0.39, 0.29) is 18.5 Å². The molecule has 0 spiro atoms. The molecule has 0 aliphatic carbocycles. The number of nitrogens with one attached hydrogen (secondary N) is 2. The second-order valence-electron chi connectivity index (χ2n) is 10.2. The summed E-state index contributed by atoms with van der Waals surface area (Å²) in [5.41, 5.74) is 16.6. The monoisotopic (exact) mass is 560 g/mol. The number of carbonyl (C=O) groups excluding carboxylic acids is 1. The Balaban J connectivity index is 1.22. The van der Waals surface area contributed by atoms with Gasteiger partial charge in [-0.3, -0.25) is 4.79 Å². The highest BCUT2D eigenvalue weighted by atomic mass is 16.3. The molecule has 212 valence electrons. The van der Waals surface area contributed by atoms with Crippen molar-refractivity contribution in [2.45, 2.75) is 25.8 Å². The number of aliphatic hydroxyl groups excluding tert-OH is 1. The molecule has 0 unspecified atom stereocenters. The van der Waals surface area contributed by atoms with Gasteiger partial charge >= 0.3 is 0 Å². The van der Waals surface area contributed by atoms with Crippen molar-refractivity contribution in [1.29, 1.82) is 0 Å². The quantitative estimate of drug-likeness (QED) is 0.126. The zero-order valence-electron chi connectivity index (χ0n) is 23.0. The maximum Gasteiger partial charge on any atom is 0.251 e. The maximum atomic E-state index is 13.1. The summed E-state index contributed by atoms with van der Waals surface area (Å²) < 4.78 is 2.05. The van der Waals surface area contributed by atoms with Crippen LogP contribution in [0.4, 0.5) is 5.69 Å². The van der Waals surface area contributed by atoms with Crippen molar-refractivity contribution in [1.82, 2.24) is 24.8 Å². The van der Waals surface area contributed by atoms with E-state index in [1.165, 1.54) is 16.3 Å². The molecule has 2 aromatic heterocycles. The van der Waals surface area contributed by atoms with Crippen molar-refractivity contribution in [2.75, 3.05) is 13.2 Å². The fraction of sp³-hybridized carbons (Fsp3) is 0.188. The lowest BCUT2D eigenvalue weighted by Gasteiger charge is -2.10.